The summed E-state index contributed by atoms with van der Waals surface area (Å²) in [6.45, 7) is 10.4. The lowest BCUT2D eigenvalue weighted by atomic mass is 9.95. The largest absolute Gasteiger partial charge is 0.461 e. The molecule has 0 amide bonds. The average Bonchev–Trinajstić information content (AvgIpc) is 3.57. The Hall–Kier alpha value is -2.91. The van der Waals surface area contributed by atoms with Crippen LogP contribution in [-0.2, 0) is 9.47 Å². The molecule has 3 aliphatic rings. The van der Waals surface area contributed by atoms with Crippen molar-refractivity contribution in [2.24, 2.45) is 5.92 Å². The topological polar surface area (TPSA) is 83.1 Å². The third kappa shape index (κ3) is 4.74. The number of hydrazine groups is 1. The maximum absolute atomic E-state index is 12.9. The number of carbonyl (C=O) groups excluding carboxylic acids is 1. The third-order valence-corrected chi connectivity index (χ3v) is 7.49. The molecule has 5 heterocycles. The van der Waals surface area contributed by atoms with Crippen LogP contribution < -0.4 is 20.2 Å². The molecule has 194 valence electrons. The molecule has 0 bridgehead atoms. The van der Waals surface area contributed by atoms with Crippen LogP contribution in [0.5, 0.6) is 0 Å². The van der Waals surface area contributed by atoms with Crippen molar-refractivity contribution in [2.45, 2.75) is 58.6 Å². The number of fused-ring (bicyclic) bond motifs is 1. The Morgan fingerprint density at radius 1 is 1.14 bits per heavy atom. The summed E-state index contributed by atoms with van der Waals surface area (Å²) in [6, 6.07) is 6.10. The van der Waals surface area contributed by atoms with E-state index in [0.29, 0.717) is 18.2 Å². The van der Waals surface area contributed by atoms with E-state index in [2.05, 4.69) is 40.1 Å². The first-order valence-corrected chi connectivity index (χ1v) is 13.3. The van der Waals surface area contributed by atoms with Gasteiger partial charge >= 0.3 is 5.97 Å². The highest BCUT2D eigenvalue weighted by Gasteiger charge is 2.38. The fraction of sp³-hybridized carbons (Fsp3) is 0.593. The van der Waals surface area contributed by atoms with Crippen molar-refractivity contribution >= 4 is 29.0 Å². The zero-order chi connectivity index (χ0) is 25.2. The number of anilines is 4. The van der Waals surface area contributed by atoms with E-state index in [1.807, 2.05) is 30.3 Å². The minimum atomic E-state index is -0.395. The summed E-state index contributed by atoms with van der Waals surface area (Å²) in [7, 11) is 1.78. The number of rotatable bonds is 7. The lowest BCUT2D eigenvalue weighted by Gasteiger charge is -2.35. The van der Waals surface area contributed by atoms with E-state index in [-0.39, 0.29) is 12.1 Å². The molecule has 2 fully saturated rings. The molecule has 2 aromatic heterocycles. The second-order valence-electron chi connectivity index (χ2n) is 10.2. The van der Waals surface area contributed by atoms with Crippen LogP contribution in [0.25, 0.3) is 0 Å². The van der Waals surface area contributed by atoms with Crippen molar-refractivity contribution in [3.05, 3.63) is 35.7 Å². The average molecular weight is 495 g/mol. The number of ether oxygens (including phenoxy) is 2. The summed E-state index contributed by atoms with van der Waals surface area (Å²) in [5, 5.41) is 2.04. The van der Waals surface area contributed by atoms with Crippen LogP contribution >= 0.6 is 0 Å². The molecule has 2 saturated heterocycles. The van der Waals surface area contributed by atoms with Gasteiger partial charge in [0.25, 0.3) is 0 Å². The third-order valence-electron chi connectivity index (χ3n) is 7.49. The predicted octanol–water partition coefficient (Wildman–Crippen LogP) is 4.22. The Bertz CT molecular complexity index is 1080. The minimum Gasteiger partial charge on any atom is -0.461 e. The van der Waals surface area contributed by atoms with Crippen LogP contribution in [0.15, 0.2) is 24.4 Å². The fourth-order valence-corrected chi connectivity index (χ4v) is 5.51. The maximum atomic E-state index is 12.9. The molecule has 3 aliphatic heterocycles. The van der Waals surface area contributed by atoms with Crippen molar-refractivity contribution < 1.29 is 14.3 Å². The van der Waals surface area contributed by atoms with Crippen molar-refractivity contribution in [2.75, 3.05) is 54.7 Å². The Morgan fingerprint density at radius 3 is 2.56 bits per heavy atom. The molecule has 0 spiro atoms. The normalized spacial score (nSPS) is 20.4. The number of piperidine rings is 1. The van der Waals surface area contributed by atoms with E-state index in [9.17, 15) is 4.79 Å². The van der Waals surface area contributed by atoms with Crippen molar-refractivity contribution in [3.8, 4) is 0 Å². The highest BCUT2D eigenvalue weighted by Crippen LogP contribution is 2.46. The summed E-state index contributed by atoms with van der Waals surface area (Å²) in [5.41, 5.74) is 7.20. The molecule has 0 saturated carbocycles. The van der Waals surface area contributed by atoms with Crippen LogP contribution in [0.2, 0.25) is 0 Å². The Kier molecular flexibility index (Phi) is 7.29. The molecule has 9 nitrogen and oxygen atoms in total. The van der Waals surface area contributed by atoms with Gasteiger partial charge in [-0.15, -0.1) is 0 Å². The van der Waals surface area contributed by atoms with Crippen molar-refractivity contribution in [1.29, 1.82) is 0 Å². The number of hydrogen-bond donors (Lipinski definition) is 1. The molecule has 1 N–H and O–H groups in total. The molecule has 1 atom stereocenters. The Balaban J connectivity index is 1.59. The number of pyridine rings is 2. The molecule has 0 aromatic carbocycles. The van der Waals surface area contributed by atoms with Gasteiger partial charge in [0.15, 0.2) is 11.5 Å². The zero-order valence-electron chi connectivity index (χ0n) is 21.9. The van der Waals surface area contributed by atoms with Crippen LogP contribution in [0.1, 0.15) is 68.5 Å². The van der Waals surface area contributed by atoms with E-state index in [4.69, 9.17) is 14.5 Å². The molecule has 0 radical (unpaired) electrons. The molecule has 0 aliphatic carbocycles. The van der Waals surface area contributed by atoms with Gasteiger partial charge in [-0.2, -0.15) is 0 Å². The van der Waals surface area contributed by atoms with Crippen molar-refractivity contribution in [1.82, 2.24) is 15.4 Å². The Labute approximate surface area is 213 Å². The monoisotopic (exact) mass is 494 g/mol. The van der Waals surface area contributed by atoms with Gasteiger partial charge in [-0.25, -0.2) is 20.2 Å². The van der Waals surface area contributed by atoms with E-state index in [1.165, 1.54) is 12.8 Å². The van der Waals surface area contributed by atoms with Gasteiger partial charge in [0.2, 0.25) is 0 Å². The van der Waals surface area contributed by atoms with Crippen molar-refractivity contribution in [3.63, 3.8) is 0 Å². The van der Waals surface area contributed by atoms with E-state index < -0.39 is 5.97 Å². The highest BCUT2D eigenvalue weighted by molar-refractivity contribution is 5.91. The number of aromatic nitrogens is 2. The summed E-state index contributed by atoms with van der Waals surface area (Å²) < 4.78 is 11.0. The van der Waals surface area contributed by atoms with Crippen LogP contribution in [0.4, 0.5) is 23.0 Å². The fourth-order valence-electron chi connectivity index (χ4n) is 5.51. The highest BCUT2D eigenvalue weighted by atomic mass is 16.5. The number of esters is 1. The standard InChI is InChI=1S/C27H38N6O3/c1-5-36-27(34)21-17-22(31-14-9-20(35-4)10-15-31)24-25(18(2)3)30-33(26(24)29-21)19-8-11-28-23(16-19)32-12-6-7-13-32/h8,11,16-18,20,25,30H,5-7,9-10,12-15H2,1-4H3. The smallest absolute Gasteiger partial charge is 0.357 e. The lowest BCUT2D eigenvalue weighted by Crippen LogP contribution is -2.37. The van der Waals surface area contributed by atoms with Gasteiger partial charge in [0.1, 0.15) is 5.82 Å². The summed E-state index contributed by atoms with van der Waals surface area (Å²) in [4.78, 5) is 27.1. The molecular weight excluding hydrogens is 456 g/mol. The van der Waals surface area contributed by atoms with Gasteiger partial charge in [0, 0.05) is 56.8 Å². The lowest BCUT2D eigenvalue weighted by molar-refractivity contribution is 0.0519. The van der Waals surface area contributed by atoms with Crippen LogP contribution in [0, 0.1) is 5.92 Å². The van der Waals surface area contributed by atoms with Gasteiger partial charge in [0.05, 0.1) is 24.4 Å². The van der Waals surface area contributed by atoms with Gasteiger partial charge < -0.3 is 19.3 Å². The predicted molar refractivity (Wildman–Crippen MR) is 141 cm³/mol. The second-order valence-corrected chi connectivity index (χ2v) is 10.2. The number of nitrogens with zero attached hydrogens (tertiary/aromatic N) is 5. The summed E-state index contributed by atoms with van der Waals surface area (Å²) in [6.07, 6.45) is 6.43. The molecular formula is C27H38N6O3. The second kappa shape index (κ2) is 10.6. The molecule has 1 unspecified atom stereocenters. The van der Waals surface area contributed by atoms with E-state index in [0.717, 1.165) is 67.6 Å². The quantitative estimate of drug-likeness (QED) is 0.569. The molecule has 36 heavy (non-hydrogen) atoms. The maximum Gasteiger partial charge on any atom is 0.357 e. The van der Waals surface area contributed by atoms with E-state index >= 15 is 0 Å². The zero-order valence-corrected chi connectivity index (χ0v) is 21.9. The summed E-state index contributed by atoms with van der Waals surface area (Å²) >= 11 is 0. The first-order valence-electron chi connectivity index (χ1n) is 13.3. The first-order chi connectivity index (χ1) is 17.5. The molecule has 9 heteroatoms. The molecule has 2 aromatic rings. The van der Waals surface area contributed by atoms with Gasteiger partial charge in [-0.1, -0.05) is 13.8 Å². The number of carbonyl (C=O) groups is 1. The van der Waals surface area contributed by atoms with Crippen LogP contribution in [0.3, 0.4) is 0 Å². The number of methoxy groups -OCH3 is 1. The van der Waals surface area contributed by atoms with Gasteiger partial charge in [-0.05, 0) is 50.7 Å². The minimum absolute atomic E-state index is 0.0577. The first kappa shape index (κ1) is 24.8. The van der Waals surface area contributed by atoms with Crippen LogP contribution in [-0.4, -0.2) is 61.9 Å². The summed E-state index contributed by atoms with van der Waals surface area (Å²) in [5.74, 6) is 1.67. The van der Waals surface area contributed by atoms with Gasteiger partial charge in [-0.3, -0.25) is 5.01 Å². The Morgan fingerprint density at radius 2 is 1.89 bits per heavy atom. The SMILES string of the molecule is CCOC(=O)c1cc(N2CCC(OC)CC2)c2c(n1)N(c1ccnc(N3CCCC3)c1)NC2C(C)C. The number of nitrogens with one attached hydrogen (secondary N) is 1. The molecule has 5 rings (SSSR count). The van der Waals surface area contributed by atoms with E-state index in [1.54, 1.807) is 7.11 Å². The number of hydrogen-bond acceptors (Lipinski definition) is 9.